The highest BCUT2D eigenvalue weighted by Gasteiger charge is 2.27. The summed E-state index contributed by atoms with van der Waals surface area (Å²) < 4.78 is 0. The number of anilines is 1. The van der Waals surface area contributed by atoms with E-state index >= 15 is 0 Å². The first-order valence-corrected chi connectivity index (χ1v) is 7.77. The molecule has 0 radical (unpaired) electrons. The molecule has 1 unspecified atom stereocenters. The summed E-state index contributed by atoms with van der Waals surface area (Å²) in [6, 6.07) is 6.66. The molecular formula is C17H26N2O2. The molecule has 4 nitrogen and oxygen atoms in total. The molecule has 0 spiro atoms. The Hall–Kier alpha value is -1.55. The van der Waals surface area contributed by atoms with Gasteiger partial charge >= 0.3 is 5.97 Å². The lowest BCUT2D eigenvalue weighted by Crippen LogP contribution is -2.44. The van der Waals surface area contributed by atoms with Gasteiger partial charge in [0.05, 0.1) is 0 Å². The van der Waals surface area contributed by atoms with E-state index in [1.807, 2.05) is 0 Å². The van der Waals surface area contributed by atoms with Gasteiger partial charge in [-0.3, -0.25) is 4.79 Å². The zero-order chi connectivity index (χ0) is 15.5. The third kappa shape index (κ3) is 3.97. The zero-order valence-corrected chi connectivity index (χ0v) is 13.1. The van der Waals surface area contributed by atoms with Crippen LogP contribution in [0.15, 0.2) is 18.2 Å². The number of fused-ring (bicyclic) bond motifs is 1. The molecule has 21 heavy (non-hydrogen) atoms. The van der Waals surface area contributed by atoms with Crippen LogP contribution in [0.1, 0.15) is 43.7 Å². The zero-order valence-electron chi connectivity index (χ0n) is 13.1. The fraction of sp³-hybridized carbons (Fsp3) is 0.588. The van der Waals surface area contributed by atoms with Crippen molar-refractivity contribution in [1.82, 2.24) is 0 Å². The molecule has 1 aliphatic heterocycles. The second-order valence-electron chi connectivity index (χ2n) is 6.40. The van der Waals surface area contributed by atoms with Crippen molar-refractivity contribution in [3.05, 3.63) is 29.3 Å². The Morgan fingerprint density at radius 1 is 1.43 bits per heavy atom. The average Bonchev–Trinajstić information content (AvgIpc) is 2.43. The van der Waals surface area contributed by atoms with E-state index in [1.54, 1.807) is 6.92 Å². The van der Waals surface area contributed by atoms with E-state index < -0.39 is 11.5 Å². The van der Waals surface area contributed by atoms with Crippen molar-refractivity contribution in [2.24, 2.45) is 5.73 Å². The van der Waals surface area contributed by atoms with Gasteiger partial charge in [-0.1, -0.05) is 17.7 Å². The summed E-state index contributed by atoms with van der Waals surface area (Å²) in [6.07, 6.45) is 4.70. The number of nitrogens with zero attached hydrogens (tertiary/aromatic N) is 1. The number of hydrogen-bond donors (Lipinski definition) is 2. The third-order valence-electron chi connectivity index (χ3n) is 4.31. The summed E-state index contributed by atoms with van der Waals surface area (Å²) in [5, 5.41) is 9.01. The van der Waals surface area contributed by atoms with E-state index in [-0.39, 0.29) is 0 Å². The molecule has 1 aliphatic rings. The van der Waals surface area contributed by atoms with Crippen LogP contribution in [0.25, 0.3) is 0 Å². The van der Waals surface area contributed by atoms with Crippen LogP contribution in [0.5, 0.6) is 0 Å². The molecule has 1 aromatic carbocycles. The maximum atomic E-state index is 11.0. The molecule has 0 saturated heterocycles. The third-order valence-corrected chi connectivity index (χ3v) is 4.31. The van der Waals surface area contributed by atoms with Crippen molar-refractivity contribution in [1.29, 1.82) is 0 Å². The van der Waals surface area contributed by atoms with E-state index in [2.05, 4.69) is 30.0 Å². The maximum absolute atomic E-state index is 11.0. The van der Waals surface area contributed by atoms with Crippen LogP contribution in [-0.2, 0) is 11.2 Å². The monoisotopic (exact) mass is 290 g/mol. The van der Waals surface area contributed by atoms with E-state index in [0.717, 1.165) is 32.4 Å². The van der Waals surface area contributed by atoms with Gasteiger partial charge in [-0.15, -0.1) is 0 Å². The first-order chi connectivity index (χ1) is 9.90. The highest BCUT2D eigenvalue weighted by atomic mass is 16.4. The fourth-order valence-electron chi connectivity index (χ4n) is 2.94. The average molecular weight is 290 g/mol. The molecule has 0 bridgehead atoms. The molecule has 0 saturated carbocycles. The standard InChI is InChI=1S/C17H26N2O2/c1-13-7-8-15-14(12-13)6-5-11-19(15)10-4-3-9-17(2,18)16(20)21/h7-8,12H,3-6,9-11,18H2,1-2H3,(H,20,21). The second kappa shape index (κ2) is 6.48. The topological polar surface area (TPSA) is 66.6 Å². The smallest absolute Gasteiger partial charge is 0.323 e. The van der Waals surface area contributed by atoms with E-state index in [9.17, 15) is 4.79 Å². The summed E-state index contributed by atoms with van der Waals surface area (Å²) in [5.41, 5.74) is 8.76. The van der Waals surface area contributed by atoms with Gasteiger partial charge in [0, 0.05) is 18.8 Å². The van der Waals surface area contributed by atoms with Crippen LogP contribution in [0.2, 0.25) is 0 Å². The largest absolute Gasteiger partial charge is 0.480 e. The molecule has 0 aliphatic carbocycles. The number of carboxylic acids is 1. The number of aliphatic carboxylic acids is 1. The Labute approximate surface area is 126 Å². The molecule has 1 atom stereocenters. The Balaban J connectivity index is 1.87. The number of unbranched alkanes of at least 4 members (excludes halogenated alkanes) is 1. The first kappa shape index (κ1) is 15.8. The lowest BCUT2D eigenvalue weighted by atomic mass is 9.95. The lowest BCUT2D eigenvalue weighted by molar-refractivity contribution is -0.142. The molecule has 0 aromatic heterocycles. The van der Waals surface area contributed by atoms with Crippen molar-refractivity contribution in [2.45, 2.75) is 51.5 Å². The van der Waals surface area contributed by atoms with E-state index in [0.29, 0.717) is 6.42 Å². The highest BCUT2D eigenvalue weighted by Crippen LogP contribution is 2.28. The van der Waals surface area contributed by atoms with Crippen LogP contribution in [0, 0.1) is 6.92 Å². The van der Waals surface area contributed by atoms with Crippen LogP contribution in [0.3, 0.4) is 0 Å². The molecule has 3 N–H and O–H groups in total. The Bertz CT molecular complexity index is 512. The van der Waals surface area contributed by atoms with Crippen molar-refractivity contribution in [3.8, 4) is 0 Å². The van der Waals surface area contributed by atoms with E-state index in [1.165, 1.54) is 23.2 Å². The van der Waals surface area contributed by atoms with Crippen LogP contribution in [-0.4, -0.2) is 29.7 Å². The summed E-state index contributed by atoms with van der Waals surface area (Å²) in [6.45, 7) is 5.79. The van der Waals surface area contributed by atoms with Gasteiger partial charge < -0.3 is 15.7 Å². The number of nitrogens with two attached hydrogens (primary N) is 1. The molecule has 0 fully saturated rings. The fourth-order valence-corrected chi connectivity index (χ4v) is 2.94. The number of benzene rings is 1. The molecular weight excluding hydrogens is 264 g/mol. The summed E-state index contributed by atoms with van der Waals surface area (Å²) >= 11 is 0. The van der Waals surface area contributed by atoms with Gasteiger partial charge in [0.15, 0.2) is 0 Å². The normalized spacial score (nSPS) is 17.2. The first-order valence-electron chi connectivity index (χ1n) is 7.77. The van der Waals surface area contributed by atoms with Crippen LogP contribution < -0.4 is 10.6 Å². The van der Waals surface area contributed by atoms with Gasteiger partial charge in [-0.25, -0.2) is 0 Å². The van der Waals surface area contributed by atoms with Gasteiger partial charge in [-0.05, 0) is 57.6 Å². The predicted molar refractivity (Wildman–Crippen MR) is 85.8 cm³/mol. The van der Waals surface area contributed by atoms with Gasteiger partial charge in [0.1, 0.15) is 5.54 Å². The van der Waals surface area contributed by atoms with Crippen LogP contribution >= 0.6 is 0 Å². The predicted octanol–water partition coefficient (Wildman–Crippen LogP) is 2.72. The maximum Gasteiger partial charge on any atom is 0.323 e. The molecule has 2 rings (SSSR count). The Morgan fingerprint density at radius 2 is 2.19 bits per heavy atom. The number of aryl methyl sites for hydroxylation is 2. The van der Waals surface area contributed by atoms with Crippen LogP contribution in [0.4, 0.5) is 5.69 Å². The molecule has 116 valence electrons. The minimum Gasteiger partial charge on any atom is -0.480 e. The number of carboxylic acid groups (broad SMARTS) is 1. The number of hydrogen-bond acceptors (Lipinski definition) is 3. The number of rotatable bonds is 6. The Kier molecular flexibility index (Phi) is 4.88. The van der Waals surface area contributed by atoms with Crippen molar-refractivity contribution < 1.29 is 9.90 Å². The second-order valence-corrected chi connectivity index (χ2v) is 6.40. The SMILES string of the molecule is Cc1ccc2c(c1)CCCN2CCCCC(C)(N)C(=O)O. The molecule has 1 heterocycles. The van der Waals surface area contributed by atoms with Gasteiger partial charge in [0.25, 0.3) is 0 Å². The number of carbonyl (C=O) groups is 1. The lowest BCUT2D eigenvalue weighted by Gasteiger charge is -2.32. The quantitative estimate of drug-likeness (QED) is 0.791. The van der Waals surface area contributed by atoms with Crippen molar-refractivity contribution >= 4 is 11.7 Å². The Morgan fingerprint density at radius 3 is 2.90 bits per heavy atom. The molecule has 0 amide bonds. The summed E-state index contributed by atoms with van der Waals surface area (Å²) in [7, 11) is 0. The van der Waals surface area contributed by atoms with Crippen molar-refractivity contribution in [2.75, 3.05) is 18.0 Å². The van der Waals surface area contributed by atoms with Gasteiger partial charge in [0.2, 0.25) is 0 Å². The van der Waals surface area contributed by atoms with Crippen molar-refractivity contribution in [3.63, 3.8) is 0 Å². The van der Waals surface area contributed by atoms with E-state index in [4.69, 9.17) is 10.8 Å². The summed E-state index contributed by atoms with van der Waals surface area (Å²) in [5.74, 6) is -0.915. The highest BCUT2D eigenvalue weighted by molar-refractivity contribution is 5.77. The molecule has 4 heteroatoms. The molecule has 1 aromatic rings. The minimum atomic E-state index is -1.10. The van der Waals surface area contributed by atoms with Gasteiger partial charge in [-0.2, -0.15) is 0 Å². The minimum absolute atomic E-state index is 0.525. The summed E-state index contributed by atoms with van der Waals surface area (Å²) in [4.78, 5) is 13.4.